The average molecular weight is 426 g/mol. The Morgan fingerprint density at radius 3 is 2.64 bits per heavy atom. The Morgan fingerprint density at radius 1 is 1.00 bits per heavy atom. The van der Waals surface area contributed by atoms with Crippen LogP contribution in [0.15, 0.2) is 63.0 Å². The number of thiazole rings is 1. The maximum absolute atomic E-state index is 13.3. The van der Waals surface area contributed by atoms with Gasteiger partial charge >= 0.3 is 0 Å². The summed E-state index contributed by atoms with van der Waals surface area (Å²) in [5.74, 6) is -0.302. The fourth-order valence-electron chi connectivity index (χ4n) is 2.99. The molecule has 4 aromatic heterocycles. The number of aromatic nitrogens is 3. The molecule has 28 heavy (non-hydrogen) atoms. The van der Waals surface area contributed by atoms with Crippen molar-refractivity contribution in [1.29, 1.82) is 0 Å². The number of halogens is 1. The molecule has 0 fully saturated rings. The molecule has 0 aliphatic rings. The Labute approximate surface area is 171 Å². The number of hydrogen-bond donors (Lipinski definition) is 0. The van der Waals surface area contributed by atoms with Gasteiger partial charge in [-0.25, -0.2) is 14.4 Å². The van der Waals surface area contributed by atoms with Crippen LogP contribution in [-0.2, 0) is 6.54 Å². The molecule has 0 spiro atoms. The van der Waals surface area contributed by atoms with Gasteiger partial charge in [0.05, 0.1) is 24.0 Å². The number of thiophene rings is 2. The molecule has 0 saturated heterocycles. The third-order valence-electron chi connectivity index (χ3n) is 4.37. The topological polar surface area (TPSA) is 47.8 Å². The molecule has 0 atom stereocenters. The molecule has 5 rings (SSSR count). The fraction of sp³-hybridized carbons (Fsp3) is 0.0500. The van der Waals surface area contributed by atoms with E-state index in [-0.39, 0.29) is 11.4 Å². The Bertz CT molecular complexity index is 1320. The van der Waals surface area contributed by atoms with Crippen molar-refractivity contribution in [3.05, 3.63) is 80.0 Å². The van der Waals surface area contributed by atoms with E-state index in [0.29, 0.717) is 16.8 Å². The molecule has 4 heterocycles. The van der Waals surface area contributed by atoms with Gasteiger partial charge in [0.1, 0.15) is 15.7 Å². The van der Waals surface area contributed by atoms with E-state index in [2.05, 4.69) is 15.3 Å². The van der Waals surface area contributed by atoms with Gasteiger partial charge in [0.15, 0.2) is 0 Å². The van der Waals surface area contributed by atoms with E-state index in [0.717, 1.165) is 27.4 Å². The standard InChI is InChI=1S/C20H12FN3OS3/c21-14-3-1-12(2-4-14)16-10-28-19-17(16)20(25)24(11-22-19)7-15-9-27-18(23-15)13-5-6-26-8-13/h1-6,8-11H,7H2. The summed E-state index contributed by atoms with van der Waals surface area (Å²) in [5, 5.41) is 9.45. The lowest BCUT2D eigenvalue weighted by molar-refractivity contribution is 0.628. The lowest BCUT2D eigenvalue weighted by Gasteiger charge is -2.04. The van der Waals surface area contributed by atoms with Gasteiger partial charge in [-0.2, -0.15) is 11.3 Å². The SMILES string of the molecule is O=c1c2c(-c3ccc(F)cc3)csc2ncn1Cc1csc(-c2ccsc2)n1. The summed E-state index contributed by atoms with van der Waals surface area (Å²) in [4.78, 5) is 22.9. The zero-order valence-electron chi connectivity index (χ0n) is 14.3. The molecule has 0 N–H and O–H groups in total. The third-order valence-corrected chi connectivity index (χ3v) is 6.88. The quantitative estimate of drug-likeness (QED) is 0.382. The minimum absolute atomic E-state index is 0.115. The smallest absolute Gasteiger partial charge is 0.263 e. The summed E-state index contributed by atoms with van der Waals surface area (Å²) in [6.45, 7) is 0.362. The van der Waals surface area contributed by atoms with E-state index in [4.69, 9.17) is 0 Å². The molecule has 0 radical (unpaired) electrons. The molecular formula is C20H12FN3OS3. The van der Waals surface area contributed by atoms with Crippen molar-refractivity contribution in [3.8, 4) is 21.7 Å². The van der Waals surface area contributed by atoms with Crippen molar-refractivity contribution in [2.24, 2.45) is 0 Å². The molecule has 0 aliphatic carbocycles. The van der Waals surface area contributed by atoms with Crippen molar-refractivity contribution in [1.82, 2.24) is 14.5 Å². The van der Waals surface area contributed by atoms with Crippen molar-refractivity contribution in [3.63, 3.8) is 0 Å². The predicted octanol–water partition coefficient (Wildman–Crippen LogP) is 5.50. The van der Waals surface area contributed by atoms with Gasteiger partial charge in [0, 0.05) is 27.3 Å². The fourth-order valence-corrected chi connectivity index (χ4v) is 5.42. The Balaban J connectivity index is 1.54. The summed E-state index contributed by atoms with van der Waals surface area (Å²) in [7, 11) is 0. The zero-order chi connectivity index (χ0) is 19.1. The number of fused-ring (bicyclic) bond motifs is 1. The van der Waals surface area contributed by atoms with Gasteiger partial charge in [-0.3, -0.25) is 9.36 Å². The van der Waals surface area contributed by atoms with Gasteiger partial charge in [-0.05, 0) is 29.1 Å². The van der Waals surface area contributed by atoms with Crippen LogP contribution in [0.4, 0.5) is 4.39 Å². The van der Waals surface area contributed by atoms with Gasteiger partial charge in [-0.1, -0.05) is 12.1 Å². The normalized spacial score (nSPS) is 11.3. The van der Waals surface area contributed by atoms with Gasteiger partial charge in [0.25, 0.3) is 5.56 Å². The second-order valence-corrected chi connectivity index (χ2v) is 8.67. The van der Waals surface area contributed by atoms with Crippen LogP contribution >= 0.6 is 34.0 Å². The highest BCUT2D eigenvalue weighted by molar-refractivity contribution is 7.17. The van der Waals surface area contributed by atoms with Crippen LogP contribution in [0.2, 0.25) is 0 Å². The van der Waals surface area contributed by atoms with Crippen LogP contribution in [0.5, 0.6) is 0 Å². The first-order valence-corrected chi connectivity index (χ1v) is 11.1. The molecule has 4 nitrogen and oxygen atoms in total. The predicted molar refractivity (Wildman–Crippen MR) is 114 cm³/mol. The van der Waals surface area contributed by atoms with E-state index in [1.807, 2.05) is 22.2 Å². The summed E-state index contributed by atoms with van der Waals surface area (Å²) >= 11 is 4.61. The molecule has 0 saturated carbocycles. The van der Waals surface area contributed by atoms with E-state index < -0.39 is 0 Å². The largest absolute Gasteiger partial charge is 0.293 e. The minimum Gasteiger partial charge on any atom is -0.293 e. The van der Waals surface area contributed by atoms with Crippen molar-refractivity contribution >= 4 is 44.2 Å². The van der Waals surface area contributed by atoms with Gasteiger partial charge in [-0.15, -0.1) is 22.7 Å². The first-order valence-electron chi connectivity index (χ1n) is 8.38. The third kappa shape index (κ3) is 3.09. The van der Waals surface area contributed by atoms with Crippen LogP contribution in [0.3, 0.4) is 0 Å². The molecule has 8 heteroatoms. The van der Waals surface area contributed by atoms with E-state index >= 15 is 0 Å². The maximum atomic E-state index is 13.3. The van der Waals surface area contributed by atoms with E-state index in [1.165, 1.54) is 23.5 Å². The molecule has 138 valence electrons. The van der Waals surface area contributed by atoms with E-state index in [1.54, 1.807) is 45.7 Å². The van der Waals surface area contributed by atoms with E-state index in [9.17, 15) is 9.18 Å². The molecule has 0 amide bonds. The summed E-state index contributed by atoms with van der Waals surface area (Å²) in [6.07, 6.45) is 1.57. The van der Waals surface area contributed by atoms with Crippen molar-refractivity contribution in [2.45, 2.75) is 6.54 Å². The van der Waals surface area contributed by atoms with Gasteiger partial charge < -0.3 is 0 Å². The average Bonchev–Trinajstić information content (AvgIpc) is 3.45. The lowest BCUT2D eigenvalue weighted by atomic mass is 10.1. The van der Waals surface area contributed by atoms with Crippen molar-refractivity contribution in [2.75, 3.05) is 0 Å². The summed E-state index contributed by atoms with van der Waals surface area (Å²) in [6, 6.07) is 8.19. The highest BCUT2D eigenvalue weighted by Crippen LogP contribution is 2.31. The second kappa shape index (κ2) is 7.05. The molecule has 5 aromatic rings. The van der Waals surface area contributed by atoms with Crippen LogP contribution in [0.25, 0.3) is 31.9 Å². The second-order valence-electron chi connectivity index (χ2n) is 6.17. The molecule has 0 aliphatic heterocycles. The molecular weight excluding hydrogens is 413 g/mol. The first-order chi connectivity index (χ1) is 13.7. The van der Waals surface area contributed by atoms with Crippen LogP contribution in [0, 0.1) is 5.82 Å². The lowest BCUT2D eigenvalue weighted by Crippen LogP contribution is -2.21. The molecule has 0 bridgehead atoms. The molecule has 1 aromatic carbocycles. The van der Waals surface area contributed by atoms with Crippen LogP contribution in [-0.4, -0.2) is 14.5 Å². The zero-order valence-corrected chi connectivity index (χ0v) is 16.8. The Kier molecular flexibility index (Phi) is 4.38. The Morgan fingerprint density at radius 2 is 1.86 bits per heavy atom. The van der Waals surface area contributed by atoms with Crippen molar-refractivity contribution < 1.29 is 4.39 Å². The minimum atomic E-state index is -0.302. The number of hydrogen-bond acceptors (Lipinski definition) is 6. The van der Waals surface area contributed by atoms with Gasteiger partial charge in [0.2, 0.25) is 0 Å². The number of benzene rings is 1. The first kappa shape index (κ1) is 17.4. The summed E-state index contributed by atoms with van der Waals surface area (Å²) < 4.78 is 14.8. The maximum Gasteiger partial charge on any atom is 0.263 e. The summed E-state index contributed by atoms with van der Waals surface area (Å²) in [5.41, 5.74) is 3.39. The highest BCUT2D eigenvalue weighted by Gasteiger charge is 2.14. The number of nitrogens with zero attached hydrogens (tertiary/aromatic N) is 3. The highest BCUT2D eigenvalue weighted by atomic mass is 32.1. The van der Waals surface area contributed by atoms with Crippen LogP contribution in [0.1, 0.15) is 5.69 Å². The molecule has 0 unspecified atom stereocenters. The number of rotatable bonds is 4. The Hall–Kier alpha value is -2.68. The monoisotopic (exact) mass is 425 g/mol. The van der Waals surface area contributed by atoms with Crippen LogP contribution < -0.4 is 5.56 Å².